The average molecular weight is 868 g/mol. The normalized spacial score (nSPS) is 11.5. The summed E-state index contributed by atoms with van der Waals surface area (Å²) in [5.74, 6) is 1.80. The van der Waals surface area contributed by atoms with Crippen LogP contribution in [-0.4, -0.2) is 24.1 Å². The highest BCUT2D eigenvalue weighted by Crippen LogP contribution is 2.41. The molecule has 68 heavy (non-hydrogen) atoms. The van der Waals surface area contributed by atoms with Gasteiger partial charge < -0.3 is 9.13 Å². The Hall–Kier alpha value is -9.19. The van der Waals surface area contributed by atoms with Crippen LogP contribution in [0.2, 0.25) is 0 Å². The van der Waals surface area contributed by atoms with E-state index in [0.29, 0.717) is 17.5 Å². The molecule has 0 atom stereocenters. The fourth-order valence-corrected chi connectivity index (χ4v) is 10.0. The molecule has 5 heteroatoms. The van der Waals surface area contributed by atoms with Gasteiger partial charge in [0, 0.05) is 49.4 Å². The molecule has 13 rings (SSSR count). The number of aromatic nitrogens is 5. The number of para-hydroxylation sites is 4. The minimum absolute atomic E-state index is 0.593. The topological polar surface area (TPSA) is 48.5 Å². The number of benzene rings is 10. The molecule has 3 aromatic heterocycles. The summed E-state index contributed by atoms with van der Waals surface area (Å²) in [5.41, 5.74) is 16.1. The van der Waals surface area contributed by atoms with Crippen LogP contribution in [0.4, 0.5) is 0 Å². The summed E-state index contributed by atoms with van der Waals surface area (Å²) in [4.78, 5) is 15.9. The zero-order chi connectivity index (χ0) is 45.0. The third-order valence-electron chi connectivity index (χ3n) is 13.2. The van der Waals surface area contributed by atoms with Crippen molar-refractivity contribution >= 4 is 43.6 Å². The molecule has 10 aromatic carbocycles. The largest absolute Gasteiger partial charge is 0.309 e. The maximum Gasteiger partial charge on any atom is 0.164 e. The standard InChI is InChI=1S/C63H41N5/c1-4-19-42(20-5-1)45-25-18-26-46(39-45)54-41-48(36-38-60(54)68-57-33-16-12-29-51(57)52-30-13-17-34-58(52)68)63-65-61(44-23-8-3-9-24-44)64-62(66-63)47-35-37-59(53(40-47)43-21-6-2-7-22-43)67-55-31-14-10-27-49(55)50-28-11-15-32-56(50)67/h1-41H. The molecule has 0 aliphatic carbocycles. The summed E-state index contributed by atoms with van der Waals surface area (Å²) in [6, 6.07) is 88.2. The van der Waals surface area contributed by atoms with Crippen molar-refractivity contribution in [3.8, 4) is 78.9 Å². The monoisotopic (exact) mass is 867 g/mol. The lowest BCUT2D eigenvalue weighted by Gasteiger charge is -2.17. The van der Waals surface area contributed by atoms with Crippen LogP contribution >= 0.6 is 0 Å². The van der Waals surface area contributed by atoms with E-state index in [9.17, 15) is 0 Å². The smallest absolute Gasteiger partial charge is 0.164 e. The molecule has 0 unspecified atom stereocenters. The van der Waals surface area contributed by atoms with E-state index >= 15 is 0 Å². The van der Waals surface area contributed by atoms with Crippen molar-refractivity contribution < 1.29 is 0 Å². The number of rotatable bonds is 8. The van der Waals surface area contributed by atoms with Crippen LogP contribution in [-0.2, 0) is 0 Å². The predicted molar refractivity (Wildman–Crippen MR) is 281 cm³/mol. The number of hydrogen-bond donors (Lipinski definition) is 0. The molecule has 3 heterocycles. The average Bonchev–Trinajstić information content (AvgIpc) is 3.94. The zero-order valence-electron chi connectivity index (χ0n) is 36.9. The summed E-state index contributed by atoms with van der Waals surface area (Å²) in [6.07, 6.45) is 0. The van der Waals surface area contributed by atoms with Gasteiger partial charge in [-0.05, 0) is 89.0 Å². The van der Waals surface area contributed by atoms with Crippen molar-refractivity contribution in [1.82, 2.24) is 24.1 Å². The number of nitrogens with zero attached hydrogens (tertiary/aromatic N) is 5. The minimum Gasteiger partial charge on any atom is -0.309 e. The molecule has 0 N–H and O–H groups in total. The van der Waals surface area contributed by atoms with Gasteiger partial charge in [-0.1, -0.05) is 182 Å². The SMILES string of the molecule is c1ccc(-c2cccc(-c3cc(-c4nc(-c5ccccc5)nc(-c5ccc(-n6c7ccccc7c7ccccc76)c(-c6ccccc6)c5)n4)ccc3-n3c4ccccc4c4ccccc43)c2)cc1. The van der Waals surface area contributed by atoms with Gasteiger partial charge in [0.25, 0.3) is 0 Å². The highest BCUT2D eigenvalue weighted by Gasteiger charge is 2.21. The molecular formula is C63H41N5. The lowest BCUT2D eigenvalue weighted by molar-refractivity contribution is 1.07. The van der Waals surface area contributed by atoms with Crippen molar-refractivity contribution in [1.29, 1.82) is 0 Å². The van der Waals surface area contributed by atoms with E-state index in [2.05, 4.69) is 240 Å². The zero-order valence-corrected chi connectivity index (χ0v) is 36.9. The van der Waals surface area contributed by atoms with Crippen molar-refractivity contribution in [2.45, 2.75) is 0 Å². The molecule has 0 amide bonds. The third kappa shape index (κ3) is 6.68. The molecule has 0 bridgehead atoms. The van der Waals surface area contributed by atoms with Gasteiger partial charge in [-0.2, -0.15) is 0 Å². The van der Waals surface area contributed by atoms with Gasteiger partial charge in [-0.25, -0.2) is 15.0 Å². The Morgan fingerprint density at radius 2 is 0.559 bits per heavy atom. The summed E-state index contributed by atoms with van der Waals surface area (Å²) in [7, 11) is 0. The predicted octanol–water partition coefficient (Wildman–Crippen LogP) is 16.1. The number of fused-ring (bicyclic) bond motifs is 6. The van der Waals surface area contributed by atoms with Gasteiger partial charge in [0.05, 0.1) is 33.4 Å². The Morgan fingerprint density at radius 3 is 1.01 bits per heavy atom. The van der Waals surface area contributed by atoms with Gasteiger partial charge >= 0.3 is 0 Å². The molecule has 0 aliphatic heterocycles. The van der Waals surface area contributed by atoms with Crippen LogP contribution in [0.15, 0.2) is 249 Å². The van der Waals surface area contributed by atoms with Gasteiger partial charge in [-0.15, -0.1) is 0 Å². The molecule has 0 spiro atoms. The molecule has 13 aromatic rings. The second-order valence-electron chi connectivity index (χ2n) is 17.2. The Bertz CT molecular complexity index is 3910. The van der Waals surface area contributed by atoms with E-state index in [1.807, 2.05) is 18.2 Å². The van der Waals surface area contributed by atoms with E-state index < -0.39 is 0 Å². The van der Waals surface area contributed by atoms with Gasteiger partial charge in [0.2, 0.25) is 0 Å². The maximum absolute atomic E-state index is 5.38. The van der Waals surface area contributed by atoms with E-state index in [-0.39, 0.29) is 0 Å². The van der Waals surface area contributed by atoms with Crippen LogP contribution in [0.1, 0.15) is 0 Å². The highest BCUT2D eigenvalue weighted by molar-refractivity contribution is 6.11. The maximum atomic E-state index is 5.38. The molecule has 318 valence electrons. The van der Waals surface area contributed by atoms with Crippen LogP contribution in [0.25, 0.3) is 123 Å². The van der Waals surface area contributed by atoms with Crippen LogP contribution < -0.4 is 0 Å². The fraction of sp³-hybridized carbons (Fsp3) is 0. The molecule has 0 fully saturated rings. The molecule has 0 saturated heterocycles. The second kappa shape index (κ2) is 16.4. The first-order chi connectivity index (χ1) is 33.7. The lowest BCUT2D eigenvalue weighted by atomic mass is 9.96. The van der Waals surface area contributed by atoms with E-state index in [4.69, 9.17) is 15.0 Å². The molecule has 0 aliphatic rings. The van der Waals surface area contributed by atoms with E-state index in [1.165, 1.54) is 21.5 Å². The van der Waals surface area contributed by atoms with Gasteiger partial charge in [0.1, 0.15) is 0 Å². The summed E-state index contributed by atoms with van der Waals surface area (Å²) in [5, 5.41) is 4.86. The van der Waals surface area contributed by atoms with Gasteiger partial charge in [-0.3, -0.25) is 0 Å². The van der Waals surface area contributed by atoms with Crippen LogP contribution in [0.3, 0.4) is 0 Å². The summed E-state index contributed by atoms with van der Waals surface area (Å²) < 4.78 is 4.79. The van der Waals surface area contributed by atoms with Crippen LogP contribution in [0, 0.1) is 0 Å². The minimum atomic E-state index is 0.593. The van der Waals surface area contributed by atoms with Crippen molar-refractivity contribution in [3.05, 3.63) is 249 Å². The first kappa shape index (κ1) is 39.2. The second-order valence-corrected chi connectivity index (χ2v) is 17.2. The van der Waals surface area contributed by atoms with E-state index in [1.54, 1.807) is 0 Å². The Morgan fingerprint density at radius 1 is 0.221 bits per heavy atom. The number of hydrogen-bond acceptors (Lipinski definition) is 3. The Labute approximate surface area is 393 Å². The van der Waals surface area contributed by atoms with E-state index in [0.717, 1.165) is 83.5 Å². The third-order valence-corrected chi connectivity index (χ3v) is 13.2. The summed E-state index contributed by atoms with van der Waals surface area (Å²) >= 11 is 0. The lowest BCUT2D eigenvalue weighted by Crippen LogP contribution is -2.03. The Kier molecular flexibility index (Phi) is 9.43. The Balaban J connectivity index is 1.03. The first-order valence-electron chi connectivity index (χ1n) is 23.0. The molecule has 0 saturated carbocycles. The van der Waals surface area contributed by atoms with Crippen molar-refractivity contribution in [2.24, 2.45) is 0 Å². The molecular weight excluding hydrogens is 827 g/mol. The quantitative estimate of drug-likeness (QED) is 0.153. The van der Waals surface area contributed by atoms with Crippen LogP contribution in [0.5, 0.6) is 0 Å². The molecule has 0 radical (unpaired) electrons. The first-order valence-corrected chi connectivity index (χ1v) is 23.0. The van der Waals surface area contributed by atoms with Crippen molar-refractivity contribution in [3.63, 3.8) is 0 Å². The summed E-state index contributed by atoms with van der Waals surface area (Å²) in [6.45, 7) is 0. The molecule has 5 nitrogen and oxygen atoms in total. The fourth-order valence-electron chi connectivity index (χ4n) is 10.0. The van der Waals surface area contributed by atoms with Crippen molar-refractivity contribution in [2.75, 3.05) is 0 Å². The highest BCUT2D eigenvalue weighted by atomic mass is 15.0. The van der Waals surface area contributed by atoms with Gasteiger partial charge in [0.15, 0.2) is 17.5 Å².